The van der Waals surface area contributed by atoms with Crippen LogP contribution in [0.2, 0.25) is 0 Å². The van der Waals surface area contributed by atoms with Crippen molar-refractivity contribution in [2.75, 3.05) is 12.3 Å². The van der Waals surface area contributed by atoms with E-state index in [0.717, 1.165) is 6.07 Å². The number of rotatable bonds is 6. The number of hydrogen-bond donors (Lipinski definition) is 1. The molecule has 0 spiro atoms. The monoisotopic (exact) mass is 393 g/mol. The maximum atomic E-state index is 13.1. The summed E-state index contributed by atoms with van der Waals surface area (Å²) in [5.41, 5.74) is -1.18. The van der Waals surface area contributed by atoms with Crippen molar-refractivity contribution in [1.29, 1.82) is 5.26 Å². The summed E-state index contributed by atoms with van der Waals surface area (Å²) < 4.78 is 39.2. The van der Waals surface area contributed by atoms with E-state index in [-0.39, 0.29) is 28.8 Å². The molecule has 0 radical (unpaired) electrons. The maximum Gasteiger partial charge on any atom is 0.417 e. The van der Waals surface area contributed by atoms with Gasteiger partial charge in [0.15, 0.2) is 5.78 Å². The molecule has 0 fully saturated rings. The standard InChI is InChI=1S/C18H14F3N3O2S/c1-11-7-14(18(19,20)21)13(8-22)17(24-11)27-10-16(26)23-9-15(25)12-5-3-2-4-6-12/h2-7H,9-10H2,1H3,(H,23,26). The molecule has 0 unspecified atom stereocenters. The van der Waals surface area contributed by atoms with Crippen LogP contribution in [0.5, 0.6) is 0 Å². The minimum absolute atomic E-state index is 0.0866. The summed E-state index contributed by atoms with van der Waals surface area (Å²) in [5, 5.41) is 11.3. The number of aryl methyl sites for hydroxylation is 1. The van der Waals surface area contributed by atoms with Gasteiger partial charge in [0, 0.05) is 11.3 Å². The molecule has 0 aliphatic carbocycles. The number of aromatic nitrogens is 1. The Morgan fingerprint density at radius 2 is 1.93 bits per heavy atom. The smallest absolute Gasteiger partial charge is 0.348 e. The Balaban J connectivity index is 2.02. The fourth-order valence-electron chi connectivity index (χ4n) is 2.17. The molecule has 2 rings (SSSR count). The van der Waals surface area contributed by atoms with Gasteiger partial charge in [0.05, 0.1) is 23.4 Å². The van der Waals surface area contributed by atoms with E-state index in [1.165, 1.54) is 13.0 Å². The molecular weight excluding hydrogens is 379 g/mol. The number of halogens is 3. The Kier molecular flexibility index (Phi) is 6.58. The first-order chi connectivity index (χ1) is 12.7. The maximum absolute atomic E-state index is 13.1. The minimum atomic E-state index is -4.70. The molecular formula is C18H14F3N3O2S. The zero-order valence-electron chi connectivity index (χ0n) is 14.1. The van der Waals surface area contributed by atoms with Crippen molar-refractivity contribution in [3.63, 3.8) is 0 Å². The summed E-state index contributed by atoms with van der Waals surface area (Å²) in [6.07, 6.45) is -4.70. The topological polar surface area (TPSA) is 82.9 Å². The number of carbonyl (C=O) groups is 2. The number of nitrogens with one attached hydrogen (secondary N) is 1. The third-order valence-electron chi connectivity index (χ3n) is 3.41. The van der Waals surface area contributed by atoms with E-state index in [9.17, 15) is 22.8 Å². The van der Waals surface area contributed by atoms with E-state index in [2.05, 4.69) is 10.3 Å². The number of benzene rings is 1. The van der Waals surface area contributed by atoms with Crippen molar-refractivity contribution in [2.45, 2.75) is 18.1 Å². The van der Waals surface area contributed by atoms with Crippen molar-refractivity contribution in [2.24, 2.45) is 0 Å². The van der Waals surface area contributed by atoms with Crippen LogP contribution in [0.25, 0.3) is 0 Å². The van der Waals surface area contributed by atoms with Crippen molar-refractivity contribution < 1.29 is 22.8 Å². The Bertz CT molecular complexity index is 893. The summed E-state index contributed by atoms with van der Waals surface area (Å²) in [7, 11) is 0. The van der Waals surface area contributed by atoms with Gasteiger partial charge in [-0.25, -0.2) is 4.98 Å². The molecule has 0 bridgehead atoms. The second-order valence-electron chi connectivity index (χ2n) is 5.46. The minimum Gasteiger partial charge on any atom is -0.348 e. The first kappa shape index (κ1) is 20.5. The van der Waals surface area contributed by atoms with Gasteiger partial charge in [-0.1, -0.05) is 42.1 Å². The van der Waals surface area contributed by atoms with E-state index < -0.39 is 23.2 Å². The fraction of sp³-hybridized carbons (Fsp3) is 0.222. The van der Waals surface area contributed by atoms with Gasteiger partial charge in [0.2, 0.25) is 5.91 Å². The molecule has 27 heavy (non-hydrogen) atoms. The van der Waals surface area contributed by atoms with Crippen LogP contribution in [0.1, 0.15) is 27.2 Å². The fourth-order valence-corrected chi connectivity index (χ4v) is 3.05. The average Bonchev–Trinajstić information content (AvgIpc) is 2.63. The van der Waals surface area contributed by atoms with E-state index >= 15 is 0 Å². The van der Waals surface area contributed by atoms with Gasteiger partial charge in [-0.3, -0.25) is 9.59 Å². The number of hydrogen-bond acceptors (Lipinski definition) is 5. The van der Waals surface area contributed by atoms with Crippen LogP contribution in [0.4, 0.5) is 13.2 Å². The molecule has 0 saturated heterocycles. The SMILES string of the molecule is Cc1cc(C(F)(F)F)c(C#N)c(SCC(=O)NCC(=O)c2ccccc2)n1. The van der Waals surface area contributed by atoms with Gasteiger partial charge in [-0.05, 0) is 13.0 Å². The van der Waals surface area contributed by atoms with E-state index in [1.54, 1.807) is 30.3 Å². The van der Waals surface area contributed by atoms with E-state index in [0.29, 0.717) is 17.3 Å². The highest BCUT2D eigenvalue weighted by atomic mass is 32.2. The van der Waals surface area contributed by atoms with Crippen molar-refractivity contribution in [1.82, 2.24) is 10.3 Å². The molecule has 1 amide bonds. The predicted octanol–water partition coefficient (Wildman–Crippen LogP) is 3.37. The highest BCUT2D eigenvalue weighted by Crippen LogP contribution is 2.35. The quantitative estimate of drug-likeness (QED) is 0.601. The molecule has 2 aromatic rings. The molecule has 0 atom stereocenters. The molecule has 140 valence electrons. The molecule has 5 nitrogen and oxygen atoms in total. The van der Waals surface area contributed by atoms with E-state index in [1.807, 2.05) is 0 Å². The number of alkyl halides is 3. The molecule has 1 aromatic carbocycles. The van der Waals surface area contributed by atoms with Crippen LogP contribution in [-0.4, -0.2) is 29.0 Å². The van der Waals surface area contributed by atoms with Gasteiger partial charge in [0.25, 0.3) is 0 Å². The Labute approximate surface area is 157 Å². The molecule has 0 aliphatic heterocycles. The number of pyridine rings is 1. The van der Waals surface area contributed by atoms with Gasteiger partial charge >= 0.3 is 6.18 Å². The number of nitriles is 1. The summed E-state index contributed by atoms with van der Waals surface area (Å²) in [5.74, 6) is -1.12. The Morgan fingerprint density at radius 1 is 1.26 bits per heavy atom. The van der Waals surface area contributed by atoms with Crippen LogP contribution in [-0.2, 0) is 11.0 Å². The molecule has 1 N–H and O–H groups in total. The third-order valence-corrected chi connectivity index (χ3v) is 4.39. The van der Waals surface area contributed by atoms with E-state index in [4.69, 9.17) is 5.26 Å². The first-order valence-corrected chi connectivity index (χ1v) is 8.67. The second-order valence-corrected chi connectivity index (χ2v) is 6.42. The molecule has 0 saturated carbocycles. The number of amides is 1. The highest BCUT2D eigenvalue weighted by Gasteiger charge is 2.35. The van der Waals surface area contributed by atoms with Crippen LogP contribution >= 0.6 is 11.8 Å². The second kappa shape index (κ2) is 8.68. The van der Waals surface area contributed by atoms with Gasteiger partial charge in [-0.15, -0.1) is 0 Å². The molecule has 1 heterocycles. The summed E-state index contributed by atoms with van der Waals surface area (Å²) in [4.78, 5) is 27.7. The van der Waals surface area contributed by atoms with Crippen molar-refractivity contribution in [3.05, 3.63) is 58.8 Å². The lowest BCUT2D eigenvalue weighted by atomic mass is 10.1. The van der Waals surface area contributed by atoms with Gasteiger partial charge < -0.3 is 5.32 Å². The number of thioether (sulfide) groups is 1. The highest BCUT2D eigenvalue weighted by molar-refractivity contribution is 8.00. The zero-order chi connectivity index (χ0) is 20.0. The summed E-state index contributed by atoms with van der Waals surface area (Å²) in [6.45, 7) is 1.14. The zero-order valence-corrected chi connectivity index (χ0v) is 14.9. The van der Waals surface area contributed by atoms with Crippen molar-refractivity contribution >= 4 is 23.5 Å². The van der Waals surface area contributed by atoms with Gasteiger partial charge in [-0.2, -0.15) is 18.4 Å². The summed E-state index contributed by atoms with van der Waals surface area (Å²) in [6, 6.07) is 10.6. The van der Waals surface area contributed by atoms with Crippen molar-refractivity contribution in [3.8, 4) is 6.07 Å². The first-order valence-electron chi connectivity index (χ1n) is 7.69. The molecule has 0 aliphatic rings. The van der Waals surface area contributed by atoms with Crippen LogP contribution in [0, 0.1) is 18.3 Å². The largest absolute Gasteiger partial charge is 0.417 e. The number of nitrogens with zero attached hydrogens (tertiary/aromatic N) is 2. The molecule has 9 heteroatoms. The predicted molar refractivity (Wildman–Crippen MR) is 93.2 cm³/mol. The number of ketones is 1. The molecule has 1 aromatic heterocycles. The lowest BCUT2D eigenvalue weighted by Crippen LogP contribution is -2.30. The normalized spacial score (nSPS) is 10.9. The summed E-state index contributed by atoms with van der Waals surface area (Å²) >= 11 is 0.715. The van der Waals surface area contributed by atoms with Crippen LogP contribution in [0.3, 0.4) is 0 Å². The lowest BCUT2D eigenvalue weighted by molar-refractivity contribution is -0.138. The lowest BCUT2D eigenvalue weighted by Gasteiger charge is -2.12. The third kappa shape index (κ3) is 5.56. The number of Topliss-reactive ketones (excluding diaryl/α,β-unsaturated/α-hetero) is 1. The van der Waals surface area contributed by atoms with Crippen LogP contribution in [0.15, 0.2) is 41.4 Å². The van der Waals surface area contributed by atoms with Crippen LogP contribution < -0.4 is 5.32 Å². The Hall–Kier alpha value is -2.86. The average molecular weight is 393 g/mol. The number of carbonyl (C=O) groups excluding carboxylic acids is 2. The Morgan fingerprint density at radius 3 is 2.52 bits per heavy atom. The van der Waals surface area contributed by atoms with Gasteiger partial charge in [0.1, 0.15) is 11.1 Å².